The Balaban J connectivity index is 2.58. The Hall–Kier alpha value is -0.870. The minimum absolute atomic E-state index is 0.136. The first-order valence-corrected chi connectivity index (χ1v) is 7.15. The Kier molecular flexibility index (Phi) is 6.01. The van der Waals surface area contributed by atoms with Crippen LogP contribution in [-0.2, 0) is 9.53 Å². The van der Waals surface area contributed by atoms with Crippen molar-refractivity contribution in [3.05, 3.63) is 11.6 Å². The van der Waals surface area contributed by atoms with Crippen LogP contribution in [0, 0.1) is 0 Å². The Morgan fingerprint density at radius 1 is 1.37 bits per heavy atom. The second kappa shape index (κ2) is 7.06. The lowest BCUT2D eigenvalue weighted by atomic mass is 9.95. The molecule has 110 valence electrons. The molecular weight excluding hydrogens is 242 g/mol. The zero-order valence-electron chi connectivity index (χ0n) is 12.6. The molecule has 1 unspecified atom stereocenters. The van der Waals surface area contributed by atoms with Gasteiger partial charge in [-0.25, -0.2) is 4.79 Å². The number of likely N-dealkylation sites (tertiary alicyclic amines) is 1. The molecule has 19 heavy (non-hydrogen) atoms. The highest BCUT2D eigenvalue weighted by atomic mass is 16.5. The van der Waals surface area contributed by atoms with Crippen LogP contribution in [0.2, 0.25) is 0 Å². The van der Waals surface area contributed by atoms with E-state index in [0.29, 0.717) is 12.1 Å². The minimum atomic E-state index is -0.979. The highest BCUT2D eigenvalue weighted by molar-refractivity contribution is 5.83. The molecule has 1 aliphatic rings. The SMILES string of the molecule is C/C(=C\C(=O)OC(C)C)C(C)(O)CN1CCCCC1. The van der Waals surface area contributed by atoms with Crippen LogP contribution in [0.25, 0.3) is 0 Å². The van der Waals surface area contributed by atoms with Gasteiger partial charge >= 0.3 is 5.97 Å². The molecule has 0 aliphatic carbocycles. The average Bonchev–Trinajstić information content (AvgIpc) is 2.28. The molecule has 4 nitrogen and oxygen atoms in total. The van der Waals surface area contributed by atoms with Crippen LogP contribution in [0.4, 0.5) is 0 Å². The number of aliphatic hydroxyl groups is 1. The molecule has 0 aromatic heterocycles. The van der Waals surface area contributed by atoms with Crippen LogP contribution < -0.4 is 0 Å². The molecule has 0 aromatic rings. The van der Waals surface area contributed by atoms with Crippen LogP contribution in [0.15, 0.2) is 11.6 Å². The first-order valence-electron chi connectivity index (χ1n) is 7.15. The molecule has 1 aliphatic heterocycles. The summed E-state index contributed by atoms with van der Waals surface area (Å²) in [5, 5.41) is 10.5. The van der Waals surface area contributed by atoms with E-state index in [9.17, 15) is 9.90 Å². The molecule has 1 N–H and O–H groups in total. The number of hydrogen-bond donors (Lipinski definition) is 1. The number of hydrogen-bond acceptors (Lipinski definition) is 4. The number of carbonyl (C=O) groups is 1. The van der Waals surface area contributed by atoms with Crippen LogP contribution in [0.5, 0.6) is 0 Å². The van der Waals surface area contributed by atoms with Crippen molar-refractivity contribution in [1.29, 1.82) is 0 Å². The van der Waals surface area contributed by atoms with Gasteiger partial charge in [-0.2, -0.15) is 0 Å². The molecule has 1 fully saturated rings. The summed E-state index contributed by atoms with van der Waals surface area (Å²) in [6, 6.07) is 0. The summed E-state index contributed by atoms with van der Waals surface area (Å²) in [5.74, 6) is -0.383. The summed E-state index contributed by atoms with van der Waals surface area (Å²) in [6.07, 6.45) is 4.92. The van der Waals surface area contributed by atoms with E-state index in [1.807, 2.05) is 13.8 Å². The summed E-state index contributed by atoms with van der Waals surface area (Å²) in [5.41, 5.74) is -0.323. The number of rotatable bonds is 5. The van der Waals surface area contributed by atoms with Gasteiger partial charge in [0.1, 0.15) is 0 Å². The number of carbonyl (C=O) groups excluding carboxylic acids is 1. The fraction of sp³-hybridized carbons (Fsp3) is 0.800. The normalized spacial score (nSPS) is 21.3. The van der Waals surface area contributed by atoms with Gasteiger partial charge in [0.15, 0.2) is 0 Å². The van der Waals surface area contributed by atoms with Crippen molar-refractivity contribution in [1.82, 2.24) is 4.90 Å². The molecule has 1 saturated heterocycles. The number of β-amino-alcohol motifs (C(OH)–C–C–N with tert-alkyl or cyclic N) is 1. The topological polar surface area (TPSA) is 49.8 Å². The summed E-state index contributed by atoms with van der Waals surface area (Å²) >= 11 is 0. The highest BCUT2D eigenvalue weighted by Crippen LogP contribution is 2.20. The predicted molar refractivity (Wildman–Crippen MR) is 75.9 cm³/mol. The molecule has 0 saturated carbocycles. The van der Waals surface area contributed by atoms with Crippen LogP contribution in [0.1, 0.15) is 47.0 Å². The lowest BCUT2D eigenvalue weighted by molar-refractivity contribution is -0.141. The van der Waals surface area contributed by atoms with E-state index in [-0.39, 0.29) is 12.1 Å². The van der Waals surface area contributed by atoms with Gasteiger partial charge in [0, 0.05) is 12.6 Å². The van der Waals surface area contributed by atoms with Gasteiger partial charge in [-0.05, 0) is 59.2 Å². The van der Waals surface area contributed by atoms with Gasteiger partial charge in [0.05, 0.1) is 11.7 Å². The molecule has 0 aromatic carbocycles. The van der Waals surface area contributed by atoms with Gasteiger partial charge < -0.3 is 14.7 Å². The smallest absolute Gasteiger partial charge is 0.331 e. The van der Waals surface area contributed by atoms with Crippen molar-refractivity contribution in [2.75, 3.05) is 19.6 Å². The van der Waals surface area contributed by atoms with Gasteiger partial charge in [-0.15, -0.1) is 0 Å². The highest BCUT2D eigenvalue weighted by Gasteiger charge is 2.27. The Labute approximate surface area is 116 Å². The van der Waals surface area contributed by atoms with Crippen molar-refractivity contribution in [3.8, 4) is 0 Å². The van der Waals surface area contributed by atoms with E-state index < -0.39 is 5.60 Å². The summed E-state index contributed by atoms with van der Waals surface area (Å²) < 4.78 is 5.07. The van der Waals surface area contributed by atoms with E-state index in [1.165, 1.54) is 25.3 Å². The fourth-order valence-electron chi connectivity index (χ4n) is 2.28. The zero-order chi connectivity index (χ0) is 14.5. The van der Waals surface area contributed by atoms with Crippen molar-refractivity contribution in [2.24, 2.45) is 0 Å². The Morgan fingerprint density at radius 3 is 2.47 bits per heavy atom. The summed E-state index contributed by atoms with van der Waals surface area (Å²) in [4.78, 5) is 13.8. The van der Waals surface area contributed by atoms with Crippen molar-refractivity contribution in [3.63, 3.8) is 0 Å². The lowest BCUT2D eigenvalue weighted by Gasteiger charge is -2.34. The predicted octanol–water partition coefficient (Wildman–Crippen LogP) is 2.12. The fourth-order valence-corrected chi connectivity index (χ4v) is 2.28. The molecule has 4 heteroatoms. The summed E-state index contributed by atoms with van der Waals surface area (Å²) in [6.45, 7) is 9.80. The minimum Gasteiger partial charge on any atom is -0.460 e. The number of ether oxygens (including phenoxy) is 1. The number of piperidine rings is 1. The maximum absolute atomic E-state index is 11.6. The maximum atomic E-state index is 11.6. The largest absolute Gasteiger partial charge is 0.460 e. The molecular formula is C15H27NO3. The molecule has 1 heterocycles. The molecule has 0 amide bonds. The van der Waals surface area contributed by atoms with E-state index in [0.717, 1.165) is 13.1 Å². The summed E-state index contributed by atoms with van der Waals surface area (Å²) in [7, 11) is 0. The van der Waals surface area contributed by atoms with Crippen molar-refractivity contribution < 1.29 is 14.6 Å². The first kappa shape index (κ1) is 16.2. The monoisotopic (exact) mass is 269 g/mol. The Bertz CT molecular complexity index is 328. The third kappa shape index (κ3) is 5.74. The second-order valence-electron chi connectivity index (χ2n) is 5.92. The second-order valence-corrected chi connectivity index (χ2v) is 5.92. The first-order chi connectivity index (χ1) is 8.81. The zero-order valence-corrected chi connectivity index (χ0v) is 12.6. The van der Waals surface area contributed by atoms with Gasteiger partial charge in [-0.1, -0.05) is 6.42 Å². The third-order valence-corrected chi connectivity index (χ3v) is 3.52. The maximum Gasteiger partial charge on any atom is 0.331 e. The van der Waals surface area contributed by atoms with E-state index >= 15 is 0 Å². The number of esters is 1. The van der Waals surface area contributed by atoms with Crippen LogP contribution in [0.3, 0.4) is 0 Å². The van der Waals surface area contributed by atoms with E-state index in [2.05, 4.69) is 4.90 Å². The molecule has 1 rings (SSSR count). The van der Waals surface area contributed by atoms with Crippen LogP contribution >= 0.6 is 0 Å². The third-order valence-electron chi connectivity index (χ3n) is 3.52. The standard InChI is InChI=1S/C15H27NO3/c1-12(2)19-14(17)10-13(3)15(4,18)11-16-8-6-5-7-9-16/h10,12,18H,5-9,11H2,1-4H3/b13-10+. The van der Waals surface area contributed by atoms with Crippen molar-refractivity contribution >= 4 is 5.97 Å². The molecule has 0 bridgehead atoms. The lowest BCUT2D eigenvalue weighted by Crippen LogP contribution is -2.44. The molecule has 1 atom stereocenters. The molecule has 0 radical (unpaired) electrons. The van der Waals surface area contributed by atoms with Gasteiger partial charge in [0.25, 0.3) is 0 Å². The van der Waals surface area contributed by atoms with E-state index in [4.69, 9.17) is 4.74 Å². The Morgan fingerprint density at radius 2 is 1.95 bits per heavy atom. The van der Waals surface area contributed by atoms with Gasteiger partial charge in [0.2, 0.25) is 0 Å². The van der Waals surface area contributed by atoms with Crippen molar-refractivity contribution in [2.45, 2.75) is 58.7 Å². The average molecular weight is 269 g/mol. The molecule has 0 spiro atoms. The van der Waals surface area contributed by atoms with Crippen LogP contribution in [-0.4, -0.2) is 47.3 Å². The van der Waals surface area contributed by atoms with Gasteiger partial charge in [-0.3, -0.25) is 0 Å². The number of nitrogens with zero attached hydrogens (tertiary/aromatic N) is 1. The quantitative estimate of drug-likeness (QED) is 0.613. The van der Waals surface area contributed by atoms with E-state index in [1.54, 1.807) is 13.8 Å².